The molecule has 3 N–H and O–H groups in total. The Bertz CT molecular complexity index is 556. The van der Waals surface area contributed by atoms with E-state index in [2.05, 4.69) is 10.3 Å². The average molecular weight is 249 g/mol. The van der Waals surface area contributed by atoms with Gasteiger partial charge in [-0.05, 0) is 6.07 Å². The normalized spacial score (nSPS) is 12.5. The van der Waals surface area contributed by atoms with Crippen molar-refractivity contribution in [2.75, 3.05) is 29.6 Å². The first-order valence-corrected chi connectivity index (χ1v) is 7.08. The molecule has 2 rings (SSSR count). The molecule has 0 radical (unpaired) electrons. The highest BCUT2D eigenvalue weighted by Gasteiger charge is 2.05. The van der Waals surface area contributed by atoms with E-state index in [1.54, 1.807) is 12.5 Å². The maximum absolute atomic E-state index is 11.0. The first-order valence-electron chi connectivity index (χ1n) is 5.35. The van der Waals surface area contributed by atoms with Crippen LogP contribution in [0.25, 0.3) is 10.9 Å². The summed E-state index contributed by atoms with van der Waals surface area (Å²) in [6.07, 6.45) is 3.34. The molecule has 1 heterocycles. The van der Waals surface area contributed by atoms with E-state index in [9.17, 15) is 4.21 Å². The van der Waals surface area contributed by atoms with Crippen LogP contribution < -0.4 is 11.1 Å². The number of nitrogens with zero attached hydrogens (tertiary/aromatic N) is 1. The molecule has 1 atom stereocenters. The maximum Gasteiger partial charge on any atom is 0.0743 e. The molecule has 0 aliphatic heterocycles. The number of hydrogen-bond acceptors (Lipinski definition) is 4. The topological polar surface area (TPSA) is 68.0 Å². The molecule has 0 amide bonds. The SMILES string of the molecule is CS(=O)CCNc1c(N)cnc2ccccc12. The Morgan fingerprint density at radius 2 is 2.18 bits per heavy atom. The second-order valence-corrected chi connectivity index (χ2v) is 5.36. The van der Waals surface area contributed by atoms with Gasteiger partial charge in [-0.2, -0.15) is 0 Å². The summed E-state index contributed by atoms with van der Waals surface area (Å²) >= 11 is 0. The molecule has 5 heteroatoms. The van der Waals surface area contributed by atoms with Crippen molar-refractivity contribution >= 4 is 33.1 Å². The van der Waals surface area contributed by atoms with Crippen molar-refractivity contribution in [2.45, 2.75) is 0 Å². The van der Waals surface area contributed by atoms with Gasteiger partial charge in [-0.3, -0.25) is 9.19 Å². The highest BCUT2D eigenvalue weighted by atomic mass is 32.2. The van der Waals surface area contributed by atoms with Gasteiger partial charge >= 0.3 is 0 Å². The van der Waals surface area contributed by atoms with Gasteiger partial charge in [0.05, 0.1) is 23.1 Å². The molecule has 17 heavy (non-hydrogen) atoms. The van der Waals surface area contributed by atoms with Crippen molar-refractivity contribution in [2.24, 2.45) is 0 Å². The minimum absolute atomic E-state index is 0.607. The van der Waals surface area contributed by atoms with E-state index in [1.165, 1.54) is 0 Å². The number of hydrogen-bond donors (Lipinski definition) is 2. The number of nitrogen functional groups attached to an aromatic ring is 1. The van der Waals surface area contributed by atoms with Gasteiger partial charge in [-0.25, -0.2) is 0 Å². The van der Waals surface area contributed by atoms with Crippen molar-refractivity contribution in [3.8, 4) is 0 Å². The zero-order valence-corrected chi connectivity index (χ0v) is 10.5. The van der Waals surface area contributed by atoms with E-state index < -0.39 is 10.8 Å². The van der Waals surface area contributed by atoms with Crippen LogP contribution >= 0.6 is 0 Å². The molecule has 0 spiro atoms. The highest BCUT2D eigenvalue weighted by molar-refractivity contribution is 7.84. The van der Waals surface area contributed by atoms with E-state index >= 15 is 0 Å². The summed E-state index contributed by atoms with van der Waals surface area (Å²) in [6, 6.07) is 7.81. The van der Waals surface area contributed by atoms with Crippen LogP contribution in [0.4, 0.5) is 11.4 Å². The van der Waals surface area contributed by atoms with Gasteiger partial charge in [0, 0.05) is 34.7 Å². The molecular formula is C12H15N3OS. The monoisotopic (exact) mass is 249 g/mol. The zero-order chi connectivity index (χ0) is 12.3. The van der Waals surface area contributed by atoms with E-state index in [4.69, 9.17) is 5.73 Å². The zero-order valence-electron chi connectivity index (χ0n) is 9.64. The lowest BCUT2D eigenvalue weighted by atomic mass is 10.1. The third-order valence-electron chi connectivity index (χ3n) is 2.50. The Kier molecular flexibility index (Phi) is 3.58. The molecule has 0 bridgehead atoms. The van der Waals surface area contributed by atoms with Crippen molar-refractivity contribution < 1.29 is 4.21 Å². The summed E-state index contributed by atoms with van der Waals surface area (Å²) in [5, 5.41) is 4.22. The Balaban J connectivity index is 2.31. The Morgan fingerprint density at radius 3 is 2.94 bits per heavy atom. The molecule has 4 nitrogen and oxygen atoms in total. The van der Waals surface area contributed by atoms with E-state index in [1.807, 2.05) is 24.3 Å². The number of pyridine rings is 1. The summed E-state index contributed by atoms with van der Waals surface area (Å²) in [7, 11) is -0.798. The van der Waals surface area contributed by atoms with Crippen molar-refractivity contribution in [1.29, 1.82) is 0 Å². The van der Waals surface area contributed by atoms with Crippen molar-refractivity contribution in [1.82, 2.24) is 4.98 Å². The second-order valence-electron chi connectivity index (χ2n) is 3.81. The molecule has 1 unspecified atom stereocenters. The quantitative estimate of drug-likeness (QED) is 0.863. The maximum atomic E-state index is 11.0. The number of aromatic nitrogens is 1. The summed E-state index contributed by atoms with van der Waals surface area (Å²) in [5.74, 6) is 0.607. The van der Waals surface area contributed by atoms with Crippen LogP contribution in [-0.4, -0.2) is 27.7 Å². The van der Waals surface area contributed by atoms with Gasteiger partial charge in [0.25, 0.3) is 0 Å². The minimum Gasteiger partial charge on any atom is -0.396 e. The lowest BCUT2D eigenvalue weighted by molar-refractivity contribution is 0.687. The number of para-hydroxylation sites is 1. The summed E-state index contributed by atoms with van der Waals surface area (Å²) in [6.45, 7) is 0.640. The van der Waals surface area contributed by atoms with Gasteiger partial charge in [0.2, 0.25) is 0 Å². The number of nitrogens with one attached hydrogen (secondary N) is 1. The summed E-state index contributed by atoms with van der Waals surface area (Å²) in [5.41, 5.74) is 8.30. The van der Waals surface area contributed by atoms with Gasteiger partial charge < -0.3 is 11.1 Å². The molecule has 0 saturated heterocycles. The van der Waals surface area contributed by atoms with E-state index in [0.717, 1.165) is 16.6 Å². The Labute approximate surface area is 103 Å². The molecule has 2 aromatic rings. The van der Waals surface area contributed by atoms with Crippen LogP contribution in [0.15, 0.2) is 30.5 Å². The van der Waals surface area contributed by atoms with Crippen molar-refractivity contribution in [3.05, 3.63) is 30.5 Å². The average Bonchev–Trinajstić information content (AvgIpc) is 2.32. The fraction of sp³-hybridized carbons (Fsp3) is 0.250. The summed E-state index contributed by atoms with van der Waals surface area (Å²) in [4.78, 5) is 4.26. The number of benzene rings is 1. The predicted molar refractivity (Wildman–Crippen MR) is 73.6 cm³/mol. The number of nitrogens with two attached hydrogens (primary N) is 1. The largest absolute Gasteiger partial charge is 0.396 e. The van der Waals surface area contributed by atoms with Crippen LogP contribution in [0.2, 0.25) is 0 Å². The predicted octanol–water partition coefficient (Wildman–Crippen LogP) is 1.61. The van der Waals surface area contributed by atoms with Crippen LogP contribution in [0.5, 0.6) is 0 Å². The Hall–Kier alpha value is -1.62. The third-order valence-corrected chi connectivity index (χ3v) is 3.28. The fourth-order valence-electron chi connectivity index (χ4n) is 1.67. The Morgan fingerprint density at radius 1 is 1.41 bits per heavy atom. The molecule has 0 saturated carbocycles. The lowest BCUT2D eigenvalue weighted by Gasteiger charge is -2.11. The number of rotatable bonds is 4. The molecule has 1 aromatic carbocycles. The van der Waals surface area contributed by atoms with Crippen LogP contribution in [0, 0.1) is 0 Å². The first-order chi connectivity index (χ1) is 8.18. The number of fused-ring (bicyclic) bond motifs is 1. The smallest absolute Gasteiger partial charge is 0.0743 e. The molecule has 90 valence electrons. The van der Waals surface area contributed by atoms with Crippen LogP contribution in [0.1, 0.15) is 0 Å². The highest BCUT2D eigenvalue weighted by Crippen LogP contribution is 2.27. The standard InChI is InChI=1S/C12H15N3OS/c1-17(16)7-6-14-12-9-4-2-3-5-11(9)15-8-10(12)13/h2-5,8H,6-7,13H2,1H3,(H,14,15). The van der Waals surface area contributed by atoms with Gasteiger partial charge in [-0.15, -0.1) is 0 Å². The first kappa shape index (κ1) is 11.9. The number of anilines is 2. The molecular weight excluding hydrogens is 234 g/mol. The molecule has 0 aliphatic carbocycles. The van der Waals surface area contributed by atoms with Gasteiger partial charge in [-0.1, -0.05) is 18.2 Å². The minimum atomic E-state index is -0.798. The van der Waals surface area contributed by atoms with Crippen molar-refractivity contribution in [3.63, 3.8) is 0 Å². The molecule has 0 aliphatic rings. The van der Waals surface area contributed by atoms with Gasteiger partial charge in [0.15, 0.2) is 0 Å². The lowest BCUT2D eigenvalue weighted by Crippen LogP contribution is -2.11. The van der Waals surface area contributed by atoms with Crippen LogP contribution in [0.3, 0.4) is 0 Å². The third kappa shape index (κ3) is 2.74. The molecule has 1 aromatic heterocycles. The summed E-state index contributed by atoms with van der Waals surface area (Å²) < 4.78 is 11.0. The molecule has 0 fully saturated rings. The van der Waals surface area contributed by atoms with Crippen LogP contribution in [-0.2, 0) is 10.8 Å². The van der Waals surface area contributed by atoms with Gasteiger partial charge in [0.1, 0.15) is 0 Å². The second kappa shape index (κ2) is 5.14. The van der Waals surface area contributed by atoms with E-state index in [-0.39, 0.29) is 0 Å². The van der Waals surface area contributed by atoms with E-state index in [0.29, 0.717) is 18.0 Å². The fourth-order valence-corrected chi connectivity index (χ4v) is 2.06.